The molecular weight excluding hydrogens is 364 g/mol. The van der Waals surface area contributed by atoms with Crippen molar-refractivity contribution in [2.24, 2.45) is 0 Å². The summed E-state index contributed by atoms with van der Waals surface area (Å²) in [5.74, 6) is 0.634. The van der Waals surface area contributed by atoms with Gasteiger partial charge in [0, 0.05) is 28.8 Å². The average Bonchev–Trinajstić information content (AvgIpc) is 3.06. The van der Waals surface area contributed by atoms with E-state index in [-0.39, 0.29) is 5.91 Å². The number of carbonyl (C=O) groups excluding carboxylic acids is 1. The summed E-state index contributed by atoms with van der Waals surface area (Å²) >= 11 is 3.27. The monoisotopic (exact) mass is 384 g/mol. The fourth-order valence-electron chi connectivity index (χ4n) is 2.51. The first-order valence-electron chi connectivity index (χ1n) is 8.18. The molecule has 2 aromatic carbocycles. The Morgan fingerprint density at radius 2 is 2.08 bits per heavy atom. The van der Waals surface area contributed by atoms with Crippen molar-refractivity contribution in [3.05, 3.63) is 75.7 Å². The lowest BCUT2D eigenvalue weighted by atomic mass is 10.2. The number of hydrogen-bond acceptors (Lipinski definition) is 5. The van der Waals surface area contributed by atoms with Crippen molar-refractivity contribution in [2.45, 2.75) is 24.2 Å². The minimum absolute atomic E-state index is 0.114. The number of thiazole rings is 1. The Hall–Kier alpha value is -2.15. The molecule has 0 radical (unpaired) electrons. The van der Waals surface area contributed by atoms with Gasteiger partial charge in [0.25, 0.3) is 5.91 Å². The number of rotatable bonds is 7. The molecular formula is C20H20N2O2S2. The van der Waals surface area contributed by atoms with E-state index in [0.717, 1.165) is 32.6 Å². The number of thioether (sulfide) groups is 1. The van der Waals surface area contributed by atoms with Crippen LogP contribution in [-0.2, 0) is 17.1 Å². The van der Waals surface area contributed by atoms with Gasteiger partial charge in [0.15, 0.2) is 0 Å². The van der Waals surface area contributed by atoms with Crippen LogP contribution in [0.25, 0.3) is 0 Å². The molecule has 3 aromatic rings. The van der Waals surface area contributed by atoms with Crippen LogP contribution in [-0.4, -0.2) is 18.0 Å². The van der Waals surface area contributed by atoms with Crippen LogP contribution in [0.3, 0.4) is 0 Å². The van der Waals surface area contributed by atoms with E-state index in [2.05, 4.69) is 15.7 Å². The number of hydrogen-bond donors (Lipinski definition) is 1. The molecule has 0 saturated carbocycles. The molecule has 0 aliphatic heterocycles. The molecule has 0 fully saturated rings. The molecule has 3 rings (SSSR count). The summed E-state index contributed by atoms with van der Waals surface area (Å²) in [5.41, 5.74) is 3.49. The highest BCUT2D eigenvalue weighted by Crippen LogP contribution is 2.27. The topological polar surface area (TPSA) is 51.2 Å². The number of aryl methyl sites for hydroxylation is 1. The molecule has 0 saturated heterocycles. The normalized spacial score (nSPS) is 10.7. The zero-order valence-electron chi connectivity index (χ0n) is 14.7. The highest BCUT2D eigenvalue weighted by atomic mass is 32.2. The van der Waals surface area contributed by atoms with Crippen LogP contribution >= 0.6 is 23.1 Å². The number of nitrogens with one attached hydrogen (secondary N) is 1. The molecule has 0 spiro atoms. The maximum absolute atomic E-state index is 12.8. The minimum atomic E-state index is -0.114. The van der Waals surface area contributed by atoms with Gasteiger partial charge in [-0.1, -0.05) is 24.3 Å². The van der Waals surface area contributed by atoms with Gasteiger partial charge in [0.2, 0.25) is 0 Å². The van der Waals surface area contributed by atoms with Crippen molar-refractivity contribution >= 4 is 34.7 Å². The standard InChI is InChI=1S/C20H20N2O2S2/c1-14-21-17(12-25-14)13-26-19-9-4-3-8-18(19)20(23)22-16-7-5-6-15(10-16)11-24-2/h3-10,12H,11,13H2,1-2H3,(H,22,23). The zero-order valence-corrected chi connectivity index (χ0v) is 16.3. The van der Waals surface area contributed by atoms with Gasteiger partial charge in [0.05, 0.1) is 22.9 Å². The van der Waals surface area contributed by atoms with Crippen LogP contribution in [0, 0.1) is 6.92 Å². The summed E-state index contributed by atoms with van der Waals surface area (Å²) < 4.78 is 5.15. The van der Waals surface area contributed by atoms with E-state index in [1.165, 1.54) is 0 Å². The minimum Gasteiger partial charge on any atom is -0.380 e. The molecule has 1 N–H and O–H groups in total. The molecule has 4 nitrogen and oxygen atoms in total. The second-order valence-corrected chi connectivity index (χ2v) is 7.81. The van der Waals surface area contributed by atoms with Gasteiger partial charge >= 0.3 is 0 Å². The molecule has 1 heterocycles. The highest BCUT2D eigenvalue weighted by molar-refractivity contribution is 7.98. The second-order valence-electron chi connectivity index (χ2n) is 5.73. The third-order valence-corrected chi connectivity index (χ3v) is 5.60. The smallest absolute Gasteiger partial charge is 0.256 e. The lowest BCUT2D eigenvalue weighted by Gasteiger charge is -2.10. The number of ether oxygens (including phenoxy) is 1. The predicted octanol–water partition coefficient (Wildman–Crippen LogP) is 5.14. The molecule has 0 bridgehead atoms. The van der Waals surface area contributed by atoms with Crippen molar-refractivity contribution < 1.29 is 9.53 Å². The van der Waals surface area contributed by atoms with E-state index in [9.17, 15) is 4.79 Å². The first-order chi connectivity index (χ1) is 12.7. The van der Waals surface area contributed by atoms with Crippen LogP contribution in [0.2, 0.25) is 0 Å². The van der Waals surface area contributed by atoms with Crippen molar-refractivity contribution in [3.8, 4) is 0 Å². The molecule has 134 valence electrons. The summed E-state index contributed by atoms with van der Waals surface area (Å²) in [5, 5.41) is 6.10. The van der Waals surface area contributed by atoms with Crippen molar-refractivity contribution in [2.75, 3.05) is 12.4 Å². The molecule has 0 unspecified atom stereocenters. The largest absolute Gasteiger partial charge is 0.380 e. The van der Waals surface area contributed by atoms with Gasteiger partial charge in [-0.15, -0.1) is 23.1 Å². The summed E-state index contributed by atoms with van der Waals surface area (Å²) in [6.07, 6.45) is 0. The average molecular weight is 385 g/mol. The third kappa shape index (κ3) is 4.94. The van der Waals surface area contributed by atoms with Crippen LogP contribution in [0.15, 0.2) is 58.8 Å². The van der Waals surface area contributed by atoms with Gasteiger partial charge in [-0.25, -0.2) is 4.98 Å². The predicted molar refractivity (Wildman–Crippen MR) is 108 cm³/mol. The van der Waals surface area contributed by atoms with Crippen molar-refractivity contribution in [1.82, 2.24) is 4.98 Å². The van der Waals surface area contributed by atoms with E-state index in [4.69, 9.17) is 4.74 Å². The molecule has 0 aliphatic carbocycles. The highest BCUT2D eigenvalue weighted by Gasteiger charge is 2.12. The SMILES string of the molecule is COCc1cccc(NC(=O)c2ccccc2SCc2csc(C)n2)c1. The number of methoxy groups -OCH3 is 1. The second kappa shape index (κ2) is 8.98. The molecule has 0 aliphatic rings. The molecule has 26 heavy (non-hydrogen) atoms. The van der Waals surface area contributed by atoms with Crippen LogP contribution in [0.4, 0.5) is 5.69 Å². The molecule has 1 amide bonds. The van der Waals surface area contributed by atoms with Gasteiger partial charge in [-0.05, 0) is 36.8 Å². The number of benzene rings is 2. The summed E-state index contributed by atoms with van der Waals surface area (Å²) in [7, 11) is 1.66. The van der Waals surface area contributed by atoms with Crippen LogP contribution in [0.5, 0.6) is 0 Å². The Balaban J connectivity index is 1.72. The van der Waals surface area contributed by atoms with E-state index < -0.39 is 0 Å². The van der Waals surface area contributed by atoms with Crippen LogP contribution < -0.4 is 5.32 Å². The Bertz CT molecular complexity index is 893. The molecule has 6 heteroatoms. The molecule has 1 aromatic heterocycles. The number of aromatic nitrogens is 1. The van der Waals surface area contributed by atoms with Gasteiger partial charge in [-0.2, -0.15) is 0 Å². The Morgan fingerprint density at radius 3 is 2.85 bits per heavy atom. The van der Waals surface area contributed by atoms with Crippen LogP contribution in [0.1, 0.15) is 26.6 Å². The maximum Gasteiger partial charge on any atom is 0.256 e. The number of nitrogens with zero attached hydrogens (tertiary/aromatic N) is 1. The number of carbonyl (C=O) groups is 1. The third-order valence-electron chi connectivity index (χ3n) is 3.67. The van der Waals surface area contributed by atoms with E-state index in [1.807, 2.05) is 55.5 Å². The van der Waals surface area contributed by atoms with Gasteiger partial charge in [-0.3, -0.25) is 4.79 Å². The van der Waals surface area contributed by atoms with Gasteiger partial charge in [0.1, 0.15) is 0 Å². The summed E-state index contributed by atoms with van der Waals surface area (Å²) in [4.78, 5) is 18.2. The van der Waals surface area contributed by atoms with E-state index in [0.29, 0.717) is 12.2 Å². The first kappa shape index (κ1) is 18.6. The summed E-state index contributed by atoms with van der Waals surface area (Å²) in [6.45, 7) is 2.52. The Morgan fingerprint density at radius 1 is 1.23 bits per heavy atom. The van der Waals surface area contributed by atoms with Gasteiger partial charge < -0.3 is 10.1 Å². The summed E-state index contributed by atoms with van der Waals surface area (Å²) in [6, 6.07) is 15.3. The van der Waals surface area contributed by atoms with Crippen molar-refractivity contribution in [3.63, 3.8) is 0 Å². The van der Waals surface area contributed by atoms with E-state index >= 15 is 0 Å². The fraction of sp³-hybridized carbons (Fsp3) is 0.200. The Kier molecular flexibility index (Phi) is 6.44. The van der Waals surface area contributed by atoms with Crippen molar-refractivity contribution in [1.29, 1.82) is 0 Å². The molecule has 0 atom stereocenters. The first-order valence-corrected chi connectivity index (χ1v) is 10.0. The fourth-order valence-corrected chi connectivity index (χ4v) is 4.17. The quantitative estimate of drug-likeness (QED) is 0.573. The maximum atomic E-state index is 12.8. The lowest BCUT2D eigenvalue weighted by molar-refractivity contribution is 0.102. The number of amides is 1. The lowest BCUT2D eigenvalue weighted by Crippen LogP contribution is -2.13. The van der Waals surface area contributed by atoms with E-state index in [1.54, 1.807) is 30.2 Å². The number of anilines is 1. The zero-order chi connectivity index (χ0) is 18.4. The Labute approximate surface area is 161 Å².